The molecule has 0 bridgehead atoms. The van der Waals surface area contributed by atoms with Crippen LogP contribution < -0.4 is 16.4 Å². The van der Waals surface area contributed by atoms with E-state index in [1.165, 1.54) is 0 Å². The number of primary amides is 1. The van der Waals surface area contributed by atoms with E-state index in [0.717, 1.165) is 23.5 Å². The lowest BCUT2D eigenvalue weighted by Crippen LogP contribution is -2.36. The number of carbonyl (C=O) groups excluding carboxylic acids is 1. The number of amides is 1. The fourth-order valence-electron chi connectivity index (χ4n) is 2.12. The van der Waals surface area contributed by atoms with Crippen LogP contribution in [0.3, 0.4) is 0 Å². The van der Waals surface area contributed by atoms with Crippen molar-refractivity contribution in [1.82, 2.24) is 10.3 Å². The third kappa shape index (κ3) is 2.74. The Bertz CT molecular complexity index is 433. The molecule has 0 spiro atoms. The monoisotopic (exact) mass is 234 g/mol. The van der Waals surface area contributed by atoms with Gasteiger partial charge in [-0.1, -0.05) is 6.07 Å². The van der Waals surface area contributed by atoms with Crippen LogP contribution in [0.15, 0.2) is 12.3 Å². The molecule has 1 aromatic rings. The maximum Gasteiger partial charge on any atom is 0.234 e. The minimum atomic E-state index is -0.289. The predicted octanol–water partition coefficient (Wildman–Crippen LogP) is 0.326. The molecule has 0 aliphatic carbocycles. The van der Waals surface area contributed by atoms with Gasteiger partial charge in [0.1, 0.15) is 5.82 Å². The molecule has 1 aromatic heterocycles. The second-order valence-electron chi connectivity index (χ2n) is 4.62. The van der Waals surface area contributed by atoms with Crippen LogP contribution in [0.5, 0.6) is 0 Å². The summed E-state index contributed by atoms with van der Waals surface area (Å²) in [5.74, 6) is 0.593. The highest BCUT2D eigenvalue weighted by Crippen LogP contribution is 2.16. The summed E-state index contributed by atoms with van der Waals surface area (Å²) >= 11 is 0. The molecular formula is C12H18N4O. The van der Waals surface area contributed by atoms with Crippen LogP contribution in [-0.4, -0.2) is 29.5 Å². The Morgan fingerprint density at radius 3 is 2.94 bits per heavy atom. The van der Waals surface area contributed by atoms with Gasteiger partial charge in [-0.3, -0.25) is 4.79 Å². The van der Waals surface area contributed by atoms with E-state index >= 15 is 0 Å². The number of nitrogens with two attached hydrogens (primary N) is 1. The largest absolute Gasteiger partial charge is 0.368 e. The molecule has 1 aliphatic heterocycles. The van der Waals surface area contributed by atoms with E-state index in [2.05, 4.69) is 21.7 Å². The number of anilines is 1. The van der Waals surface area contributed by atoms with Crippen molar-refractivity contribution >= 4 is 11.7 Å². The molecule has 5 heteroatoms. The number of aromatic nitrogens is 1. The molecule has 5 nitrogen and oxygen atoms in total. The van der Waals surface area contributed by atoms with Crippen LogP contribution in [0.25, 0.3) is 0 Å². The summed E-state index contributed by atoms with van der Waals surface area (Å²) in [6.07, 6.45) is 2.55. The van der Waals surface area contributed by atoms with Crippen LogP contribution in [-0.2, 0) is 4.79 Å². The lowest BCUT2D eigenvalue weighted by atomic mass is 10.1. The van der Waals surface area contributed by atoms with Crippen LogP contribution in [0.1, 0.15) is 17.5 Å². The Morgan fingerprint density at radius 2 is 2.35 bits per heavy atom. The number of nitrogens with zero attached hydrogens (tertiary/aromatic N) is 1. The summed E-state index contributed by atoms with van der Waals surface area (Å²) in [5, 5.41) is 6.43. The Balaban J connectivity index is 2.00. The second kappa shape index (κ2) is 4.71. The third-order valence-electron chi connectivity index (χ3n) is 3.03. The summed E-state index contributed by atoms with van der Waals surface area (Å²) < 4.78 is 0. The normalized spacial score (nSPS) is 23.6. The van der Waals surface area contributed by atoms with E-state index < -0.39 is 0 Å². The third-order valence-corrected chi connectivity index (χ3v) is 3.03. The van der Waals surface area contributed by atoms with Gasteiger partial charge in [0, 0.05) is 18.8 Å². The molecule has 2 atom stereocenters. The van der Waals surface area contributed by atoms with E-state index in [9.17, 15) is 4.79 Å². The number of carbonyl (C=O) groups is 1. The van der Waals surface area contributed by atoms with Gasteiger partial charge in [-0.15, -0.1) is 0 Å². The molecule has 1 aliphatic rings. The topological polar surface area (TPSA) is 80.0 Å². The quantitative estimate of drug-likeness (QED) is 0.704. The second-order valence-corrected chi connectivity index (χ2v) is 4.62. The van der Waals surface area contributed by atoms with Gasteiger partial charge < -0.3 is 16.4 Å². The molecule has 1 saturated heterocycles. The first-order valence-electron chi connectivity index (χ1n) is 5.78. The molecule has 17 heavy (non-hydrogen) atoms. The molecule has 1 amide bonds. The zero-order valence-corrected chi connectivity index (χ0v) is 10.2. The maximum absolute atomic E-state index is 11.0. The van der Waals surface area contributed by atoms with Gasteiger partial charge >= 0.3 is 0 Å². The van der Waals surface area contributed by atoms with Crippen molar-refractivity contribution in [2.75, 3.05) is 11.9 Å². The molecule has 92 valence electrons. The first-order valence-corrected chi connectivity index (χ1v) is 5.78. The summed E-state index contributed by atoms with van der Waals surface area (Å²) in [4.78, 5) is 15.4. The smallest absolute Gasteiger partial charge is 0.234 e. The Morgan fingerprint density at radius 1 is 1.59 bits per heavy atom. The fourth-order valence-corrected chi connectivity index (χ4v) is 2.12. The van der Waals surface area contributed by atoms with Gasteiger partial charge in [0.05, 0.1) is 6.04 Å². The van der Waals surface area contributed by atoms with E-state index in [1.54, 1.807) is 0 Å². The van der Waals surface area contributed by atoms with E-state index in [4.69, 9.17) is 5.73 Å². The fraction of sp³-hybridized carbons (Fsp3) is 0.500. The minimum Gasteiger partial charge on any atom is -0.368 e. The number of aryl methyl sites for hydroxylation is 2. The van der Waals surface area contributed by atoms with Crippen molar-refractivity contribution in [3.8, 4) is 0 Å². The molecule has 2 rings (SSSR count). The van der Waals surface area contributed by atoms with E-state index in [1.807, 2.05) is 20.0 Å². The van der Waals surface area contributed by atoms with Gasteiger partial charge in [0.15, 0.2) is 0 Å². The highest BCUT2D eigenvalue weighted by Gasteiger charge is 2.27. The van der Waals surface area contributed by atoms with Crippen LogP contribution in [0.4, 0.5) is 5.82 Å². The first-order chi connectivity index (χ1) is 8.06. The SMILES string of the molecule is Cc1cnc(N[C@@H]2CN[C@H](C(N)=O)C2)c(C)c1. The minimum absolute atomic E-state index is 0.210. The molecule has 0 saturated carbocycles. The molecule has 0 unspecified atom stereocenters. The van der Waals surface area contributed by atoms with Crippen LogP contribution in [0, 0.1) is 13.8 Å². The van der Waals surface area contributed by atoms with Gasteiger partial charge in [0.25, 0.3) is 0 Å². The first kappa shape index (κ1) is 11.9. The van der Waals surface area contributed by atoms with Gasteiger partial charge in [-0.2, -0.15) is 0 Å². The van der Waals surface area contributed by atoms with Gasteiger partial charge in [-0.05, 0) is 31.4 Å². The van der Waals surface area contributed by atoms with Crippen molar-refractivity contribution in [2.24, 2.45) is 5.73 Å². The van der Waals surface area contributed by atoms with Gasteiger partial charge in [-0.25, -0.2) is 4.98 Å². The molecule has 0 aromatic carbocycles. The van der Waals surface area contributed by atoms with Crippen molar-refractivity contribution in [2.45, 2.75) is 32.4 Å². The Labute approximate surface area is 101 Å². The van der Waals surface area contributed by atoms with Crippen molar-refractivity contribution in [3.05, 3.63) is 23.4 Å². The molecular weight excluding hydrogens is 216 g/mol. The number of rotatable bonds is 3. The Hall–Kier alpha value is -1.62. The van der Waals surface area contributed by atoms with Crippen LogP contribution >= 0.6 is 0 Å². The lowest BCUT2D eigenvalue weighted by Gasteiger charge is -2.14. The highest BCUT2D eigenvalue weighted by molar-refractivity contribution is 5.80. The number of hydrogen-bond acceptors (Lipinski definition) is 4. The van der Waals surface area contributed by atoms with Crippen LogP contribution in [0.2, 0.25) is 0 Å². The molecule has 1 fully saturated rings. The highest BCUT2D eigenvalue weighted by atomic mass is 16.1. The van der Waals surface area contributed by atoms with E-state index in [-0.39, 0.29) is 18.0 Å². The number of hydrogen-bond donors (Lipinski definition) is 3. The molecule has 2 heterocycles. The molecule has 0 radical (unpaired) electrons. The van der Waals surface area contributed by atoms with Crippen molar-refractivity contribution in [3.63, 3.8) is 0 Å². The average Bonchev–Trinajstić information content (AvgIpc) is 2.71. The zero-order valence-electron chi connectivity index (χ0n) is 10.2. The van der Waals surface area contributed by atoms with Crippen molar-refractivity contribution < 1.29 is 4.79 Å². The number of pyridine rings is 1. The predicted molar refractivity (Wildman–Crippen MR) is 66.7 cm³/mol. The zero-order chi connectivity index (χ0) is 12.4. The molecule has 4 N–H and O–H groups in total. The average molecular weight is 234 g/mol. The van der Waals surface area contributed by atoms with Gasteiger partial charge in [0.2, 0.25) is 5.91 Å². The summed E-state index contributed by atoms with van der Waals surface area (Å²) in [6.45, 7) is 4.78. The maximum atomic E-state index is 11.0. The summed E-state index contributed by atoms with van der Waals surface area (Å²) in [6, 6.07) is 2.07. The summed E-state index contributed by atoms with van der Waals surface area (Å²) in [7, 11) is 0. The standard InChI is InChI=1S/C12H18N4O/c1-7-3-8(2)12(15-5-7)16-9-4-10(11(13)17)14-6-9/h3,5,9-10,14H,4,6H2,1-2H3,(H2,13,17)(H,15,16)/t9-,10-/m0/s1. The number of nitrogens with one attached hydrogen (secondary N) is 2. The van der Waals surface area contributed by atoms with E-state index in [0.29, 0.717) is 6.42 Å². The van der Waals surface area contributed by atoms with Crippen molar-refractivity contribution in [1.29, 1.82) is 0 Å². The lowest BCUT2D eigenvalue weighted by molar-refractivity contribution is -0.119. The summed E-state index contributed by atoms with van der Waals surface area (Å²) in [5.41, 5.74) is 7.52. The Kier molecular flexibility index (Phi) is 3.28.